The zero-order valence-electron chi connectivity index (χ0n) is 12.0. The molecule has 0 spiro atoms. The predicted molar refractivity (Wildman–Crippen MR) is 78.2 cm³/mol. The van der Waals surface area contributed by atoms with E-state index in [1.54, 1.807) is 24.3 Å². The summed E-state index contributed by atoms with van der Waals surface area (Å²) in [4.78, 5) is 11.1. The lowest BCUT2D eigenvalue weighted by molar-refractivity contribution is 0.101. The smallest absolute Gasteiger partial charge is 0.159 e. The van der Waals surface area contributed by atoms with Gasteiger partial charge < -0.3 is 15.2 Å². The molecule has 110 valence electrons. The molecule has 0 aromatic heterocycles. The van der Waals surface area contributed by atoms with Gasteiger partial charge >= 0.3 is 0 Å². The summed E-state index contributed by atoms with van der Waals surface area (Å²) in [7, 11) is 0. The molecule has 1 aliphatic rings. The van der Waals surface area contributed by atoms with Gasteiger partial charge in [-0.25, -0.2) is 0 Å². The van der Waals surface area contributed by atoms with Gasteiger partial charge in [-0.05, 0) is 44.0 Å². The Bertz CT molecular complexity index is 424. The van der Waals surface area contributed by atoms with Crippen molar-refractivity contribution in [3.8, 4) is 5.75 Å². The van der Waals surface area contributed by atoms with Crippen molar-refractivity contribution in [3.05, 3.63) is 29.8 Å². The first-order valence-electron chi connectivity index (χ1n) is 7.30. The van der Waals surface area contributed by atoms with Crippen LogP contribution in [-0.4, -0.2) is 36.2 Å². The minimum absolute atomic E-state index is 0.0392. The molecule has 1 saturated carbocycles. The molecule has 0 heterocycles. The third kappa shape index (κ3) is 4.62. The fourth-order valence-electron chi connectivity index (χ4n) is 2.47. The second-order valence-corrected chi connectivity index (χ2v) is 5.44. The van der Waals surface area contributed by atoms with Gasteiger partial charge in [-0.1, -0.05) is 12.8 Å². The summed E-state index contributed by atoms with van der Waals surface area (Å²) < 4.78 is 5.52. The fraction of sp³-hybridized carbons (Fsp3) is 0.562. The molecule has 0 amide bonds. The van der Waals surface area contributed by atoms with Crippen LogP contribution in [0.3, 0.4) is 0 Å². The molecule has 2 rings (SSSR count). The van der Waals surface area contributed by atoms with E-state index < -0.39 is 6.10 Å². The molecule has 0 unspecified atom stereocenters. The van der Waals surface area contributed by atoms with Crippen molar-refractivity contribution in [1.82, 2.24) is 5.32 Å². The molecule has 1 aromatic carbocycles. The van der Waals surface area contributed by atoms with Crippen molar-refractivity contribution < 1.29 is 14.6 Å². The fourth-order valence-corrected chi connectivity index (χ4v) is 2.47. The second-order valence-electron chi connectivity index (χ2n) is 5.44. The highest BCUT2D eigenvalue weighted by Gasteiger charge is 2.15. The highest BCUT2D eigenvalue weighted by molar-refractivity contribution is 5.94. The van der Waals surface area contributed by atoms with Crippen LogP contribution in [0.25, 0.3) is 0 Å². The van der Waals surface area contributed by atoms with Gasteiger partial charge in [-0.15, -0.1) is 0 Å². The van der Waals surface area contributed by atoms with Crippen molar-refractivity contribution in [2.24, 2.45) is 0 Å². The maximum absolute atomic E-state index is 11.1. The number of carbonyl (C=O) groups excluding carboxylic acids is 1. The average molecular weight is 277 g/mol. The number of aliphatic hydroxyl groups excluding tert-OH is 1. The van der Waals surface area contributed by atoms with Crippen molar-refractivity contribution in [3.63, 3.8) is 0 Å². The highest BCUT2D eigenvalue weighted by atomic mass is 16.5. The molecular formula is C16H23NO3. The molecule has 20 heavy (non-hydrogen) atoms. The van der Waals surface area contributed by atoms with E-state index in [-0.39, 0.29) is 12.4 Å². The van der Waals surface area contributed by atoms with Gasteiger partial charge in [0.05, 0.1) is 0 Å². The van der Waals surface area contributed by atoms with E-state index in [0.29, 0.717) is 23.9 Å². The van der Waals surface area contributed by atoms with E-state index in [2.05, 4.69) is 5.32 Å². The molecule has 1 fully saturated rings. The number of carbonyl (C=O) groups is 1. The molecule has 1 atom stereocenters. The van der Waals surface area contributed by atoms with Gasteiger partial charge in [0.25, 0.3) is 0 Å². The summed E-state index contributed by atoms with van der Waals surface area (Å²) >= 11 is 0. The van der Waals surface area contributed by atoms with Crippen LogP contribution in [0.4, 0.5) is 0 Å². The van der Waals surface area contributed by atoms with Gasteiger partial charge in [0.15, 0.2) is 5.78 Å². The quantitative estimate of drug-likeness (QED) is 0.750. The molecule has 2 N–H and O–H groups in total. The van der Waals surface area contributed by atoms with Crippen LogP contribution in [0.2, 0.25) is 0 Å². The summed E-state index contributed by atoms with van der Waals surface area (Å²) in [5.74, 6) is 0.715. The minimum Gasteiger partial charge on any atom is -0.491 e. The third-order valence-corrected chi connectivity index (χ3v) is 3.70. The summed E-state index contributed by atoms with van der Waals surface area (Å²) in [6, 6.07) is 7.54. The van der Waals surface area contributed by atoms with Gasteiger partial charge in [0.2, 0.25) is 0 Å². The highest BCUT2D eigenvalue weighted by Crippen LogP contribution is 2.17. The number of benzene rings is 1. The largest absolute Gasteiger partial charge is 0.491 e. The molecule has 0 bridgehead atoms. The lowest BCUT2D eigenvalue weighted by atomic mass is 10.1. The normalized spacial score (nSPS) is 17.1. The number of hydrogen-bond acceptors (Lipinski definition) is 4. The molecule has 4 nitrogen and oxygen atoms in total. The van der Waals surface area contributed by atoms with Crippen LogP contribution in [-0.2, 0) is 0 Å². The lowest BCUT2D eigenvalue weighted by Gasteiger charge is -2.16. The Morgan fingerprint density at radius 3 is 2.60 bits per heavy atom. The van der Waals surface area contributed by atoms with Crippen LogP contribution in [0.5, 0.6) is 5.75 Å². The Kier molecular flexibility index (Phi) is 5.56. The maximum atomic E-state index is 11.1. The molecule has 4 heteroatoms. The summed E-state index contributed by atoms with van der Waals surface area (Å²) in [5, 5.41) is 13.2. The van der Waals surface area contributed by atoms with Crippen molar-refractivity contribution in [2.45, 2.75) is 44.8 Å². The maximum Gasteiger partial charge on any atom is 0.159 e. The molecule has 0 aliphatic heterocycles. The number of hydrogen-bond donors (Lipinski definition) is 2. The van der Waals surface area contributed by atoms with Crippen LogP contribution >= 0.6 is 0 Å². The SMILES string of the molecule is CC(=O)c1ccc(OC[C@H](O)CNC2CCCC2)cc1. The van der Waals surface area contributed by atoms with E-state index in [1.807, 2.05) is 0 Å². The second kappa shape index (κ2) is 7.41. The standard InChI is InChI=1S/C16H23NO3/c1-12(18)13-6-8-16(9-7-13)20-11-15(19)10-17-14-4-2-3-5-14/h6-9,14-15,17,19H,2-5,10-11H2,1H3/t15-/m1/s1. The van der Waals surface area contributed by atoms with E-state index in [9.17, 15) is 9.90 Å². The molecule has 0 radical (unpaired) electrons. The molecule has 1 aromatic rings. The van der Waals surface area contributed by atoms with Gasteiger partial charge in [-0.2, -0.15) is 0 Å². The van der Waals surface area contributed by atoms with Crippen LogP contribution in [0.15, 0.2) is 24.3 Å². The monoisotopic (exact) mass is 277 g/mol. The summed E-state index contributed by atoms with van der Waals surface area (Å²) in [6.07, 6.45) is 4.47. The van der Waals surface area contributed by atoms with E-state index in [1.165, 1.54) is 32.6 Å². The molecule has 0 saturated heterocycles. The number of nitrogens with one attached hydrogen (secondary N) is 1. The number of ketones is 1. The minimum atomic E-state index is -0.511. The Hall–Kier alpha value is -1.39. The topological polar surface area (TPSA) is 58.6 Å². The van der Waals surface area contributed by atoms with Crippen LogP contribution in [0.1, 0.15) is 43.0 Å². The predicted octanol–water partition coefficient (Wildman–Crippen LogP) is 2.16. The van der Waals surface area contributed by atoms with E-state index in [0.717, 1.165) is 0 Å². The van der Waals surface area contributed by atoms with E-state index >= 15 is 0 Å². The first-order valence-corrected chi connectivity index (χ1v) is 7.30. The number of aliphatic hydroxyl groups is 1. The van der Waals surface area contributed by atoms with Crippen LogP contribution in [0, 0.1) is 0 Å². The van der Waals surface area contributed by atoms with Crippen molar-refractivity contribution >= 4 is 5.78 Å². The number of rotatable bonds is 7. The van der Waals surface area contributed by atoms with E-state index in [4.69, 9.17) is 4.74 Å². The summed E-state index contributed by atoms with van der Waals surface area (Å²) in [5.41, 5.74) is 0.667. The number of Topliss-reactive ketones (excluding diaryl/α,β-unsaturated/α-hetero) is 1. The number of ether oxygens (including phenoxy) is 1. The van der Waals surface area contributed by atoms with Gasteiger partial charge in [0, 0.05) is 18.2 Å². The van der Waals surface area contributed by atoms with Crippen molar-refractivity contribution in [2.75, 3.05) is 13.2 Å². The Labute approximate surface area is 120 Å². The van der Waals surface area contributed by atoms with Crippen LogP contribution < -0.4 is 10.1 Å². The molecule has 1 aliphatic carbocycles. The first-order chi connectivity index (χ1) is 9.65. The third-order valence-electron chi connectivity index (χ3n) is 3.70. The summed E-state index contributed by atoms with van der Waals surface area (Å²) in [6.45, 7) is 2.36. The Balaban J connectivity index is 1.69. The Morgan fingerprint density at radius 2 is 2.00 bits per heavy atom. The Morgan fingerprint density at radius 1 is 1.35 bits per heavy atom. The average Bonchev–Trinajstić information content (AvgIpc) is 2.96. The van der Waals surface area contributed by atoms with Gasteiger partial charge in [0.1, 0.15) is 18.5 Å². The zero-order chi connectivity index (χ0) is 14.4. The lowest BCUT2D eigenvalue weighted by Crippen LogP contribution is -2.36. The first kappa shape index (κ1) is 15.0. The van der Waals surface area contributed by atoms with Crippen molar-refractivity contribution in [1.29, 1.82) is 0 Å². The zero-order valence-corrected chi connectivity index (χ0v) is 12.0. The van der Waals surface area contributed by atoms with Gasteiger partial charge in [-0.3, -0.25) is 4.79 Å². The molecular weight excluding hydrogens is 254 g/mol.